The summed E-state index contributed by atoms with van der Waals surface area (Å²) < 4.78 is 4.80. The molecule has 1 aliphatic rings. The molecule has 0 saturated carbocycles. The van der Waals surface area contributed by atoms with E-state index in [0.717, 1.165) is 11.3 Å². The molecule has 1 aliphatic heterocycles. The fourth-order valence-electron chi connectivity index (χ4n) is 2.27. The number of nitrogens with zero attached hydrogens (tertiary/aromatic N) is 1. The fourth-order valence-corrected chi connectivity index (χ4v) is 2.27. The molecule has 1 unspecified atom stereocenters. The second-order valence-electron chi connectivity index (χ2n) is 4.93. The molecule has 1 heterocycles. The Hall–Kier alpha value is -2.14. The predicted molar refractivity (Wildman–Crippen MR) is 79.7 cm³/mol. The summed E-state index contributed by atoms with van der Waals surface area (Å²) >= 11 is 0. The van der Waals surface area contributed by atoms with Gasteiger partial charge in [-0.15, -0.1) is 0 Å². The van der Waals surface area contributed by atoms with Gasteiger partial charge < -0.3 is 14.7 Å². The third-order valence-electron chi connectivity index (χ3n) is 3.37. The number of hydrogen-bond acceptors (Lipinski definition) is 4. The number of benzene rings is 1. The normalized spacial score (nSPS) is 18.5. The first-order valence-electron chi connectivity index (χ1n) is 7.00. The van der Waals surface area contributed by atoms with Crippen molar-refractivity contribution in [3.05, 3.63) is 35.9 Å². The maximum atomic E-state index is 11.9. The van der Waals surface area contributed by atoms with Crippen LogP contribution in [-0.2, 0) is 14.3 Å². The van der Waals surface area contributed by atoms with Gasteiger partial charge in [0.1, 0.15) is 0 Å². The quantitative estimate of drug-likeness (QED) is 0.660. The van der Waals surface area contributed by atoms with E-state index in [4.69, 9.17) is 9.84 Å². The highest BCUT2D eigenvalue weighted by molar-refractivity contribution is 5.96. The van der Waals surface area contributed by atoms with Crippen molar-refractivity contribution in [2.45, 2.75) is 13.3 Å². The first-order chi connectivity index (χ1) is 10.1. The largest absolute Gasteiger partial charge is 0.463 e. The van der Waals surface area contributed by atoms with E-state index in [-0.39, 0.29) is 24.4 Å². The Morgan fingerprint density at radius 1 is 1.43 bits per heavy atom. The van der Waals surface area contributed by atoms with Crippen LogP contribution in [0.2, 0.25) is 0 Å². The van der Waals surface area contributed by atoms with E-state index in [1.807, 2.05) is 24.3 Å². The maximum absolute atomic E-state index is 11.9. The highest BCUT2D eigenvalue weighted by Gasteiger charge is 2.29. The number of carbonyl (C=O) groups is 2. The minimum Gasteiger partial charge on any atom is -0.463 e. The third-order valence-corrected chi connectivity index (χ3v) is 3.37. The summed E-state index contributed by atoms with van der Waals surface area (Å²) in [6, 6.07) is 7.35. The van der Waals surface area contributed by atoms with E-state index >= 15 is 0 Å². The molecule has 0 radical (unpaired) electrons. The van der Waals surface area contributed by atoms with Gasteiger partial charge in [0.25, 0.3) is 0 Å². The van der Waals surface area contributed by atoms with Crippen LogP contribution in [0.25, 0.3) is 6.08 Å². The summed E-state index contributed by atoms with van der Waals surface area (Å²) in [5.74, 6) is -0.327. The zero-order valence-electron chi connectivity index (χ0n) is 12.0. The molecular weight excluding hydrogens is 270 g/mol. The number of ether oxygens (including phenoxy) is 1. The maximum Gasteiger partial charge on any atom is 0.330 e. The predicted octanol–water partition coefficient (Wildman–Crippen LogP) is 1.61. The van der Waals surface area contributed by atoms with Crippen molar-refractivity contribution in [2.75, 3.05) is 24.7 Å². The van der Waals surface area contributed by atoms with E-state index in [1.165, 1.54) is 6.08 Å². The van der Waals surface area contributed by atoms with Gasteiger partial charge in [-0.3, -0.25) is 4.79 Å². The zero-order chi connectivity index (χ0) is 15.2. The van der Waals surface area contributed by atoms with Gasteiger partial charge in [0, 0.05) is 37.3 Å². The average Bonchev–Trinajstić information content (AvgIpc) is 2.87. The topological polar surface area (TPSA) is 66.8 Å². The molecule has 5 heteroatoms. The molecule has 0 aromatic heterocycles. The van der Waals surface area contributed by atoms with E-state index in [9.17, 15) is 9.59 Å². The Bertz CT molecular complexity index is 536. The lowest BCUT2D eigenvalue weighted by Gasteiger charge is -2.16. The van der Waals surface area contributed by atoms with Crippen molar-refractivity contribution in [2.24, 2.45) is 5.92 Å². The molecule has 21 heavy (non-hydrogen) atoms. The molecule has 5 nitrogen and oxygen atoms in total. The highest BCUT2D eigenvalue weighted by atomic mass is 16.5. The summed E-state index contributed by atoms with van der Waals surface area (Å²) in [6.45, 7) is 2.69. The van der Waals surface area contributed by atoms with Crippen LogP contribution in [0.4, 0.5) is 5.69 Å². The molecule has 1 aromatic carbocycles. The lowest BCUT2D eigenvalue weighted by Crippen LogP contribution is -2.24. The molecule has 112 valence electrons. The van der Waals surface area contributed by atoms with E-state index in [2.05, 4.69) is 0 Å². The lowest BCUT2D eigenvalue weighted by atomic mass is 10.1. The number of hydrogen-bond donors (Lipinski definition) is 1. The highest BCUT2D eigenvalue weighted by Crippen LogP contribution is 2.25. The summed E-state index contributed by atoms with van der Waals surface area (Å²) in [5.41, 5.74) is 1.67. The molecule has 0 spiro atoms. The summed E-state index contributed by atoms with van der Waals surface area (Å²) in [7, 11) is 0. The molecule has 1 fully saturated rings. The number of aliphatic hydroxyl groups is 1. The van der Waals surface area contributed by atoms with Crippen molar-refractivity contribution in [1.29, 1.82) is 0 Å². The Kier molecular flexibility index (Phi) is 5.11. The minimum atomic E-state index is -0.373. The molecule has 1 aromatic rings. The van der Waals surface area contributed by atoms with Crippen LogP contribution in [0.3, 0.4) is 0 Å². The molecule has 1 saturated heterocycles. The molecule has 2 rings (SSSR count). The molecule has 0 bridgehead atoms. The van der Waals surface area contributed by atoms with Gasteiger partial charge in [-0.1, -0.05) is 12.1 Å². The fraction of sp³-hybridized carbons (Fsp3) is 0.375. The number of aliphatic hydroxyl groups excluding tert-OH is 1. The van der Waals surface area contributed by atoms with Gasteiger partial charge in [0.15, 0.2) is 0 Å². The van der Waals surface area contributed by atoms with Crippen LogP contribution < -0.4 is 4.90 Å². The van der Waals surface area contributed by atoms with Crippen LogP contribution in [0.1, 0.15) is 18.9 Å². The van der Waals surface area contributed by atoms with Crippen LogP contribution in [0.5, 0.6) is 0 Å². The van der Waals surface area contributed by atoms with Gasteiger partial charge >= 0.3 is 5.97 Å². The first-order valence-corrected chi connectivity index (χ1v) is 7.00. The number of anilines is 1. The van der Waals surface area contributed by atoms with E-state index < -0.39 is 0 Å². The monoisotopic (exact) mass is 289 g/mol. The number of amides is 1. The number of carbonyl (C=O) groups excluding carboxylic acids is 2. The van der Waals surface area contributed by atoms with Crippen LogP contribution in [0.15, 0.2) is 30.3 Å². The van der Waals surface area contributed by atoms with Crippen LogP contribution in [-0.4, -0.2) is 36.7 Å². The summed E-state index contributed by atoms with van der Waals surface area (Å²) in [6.07, 6.45) is 3.44. The van der Waals surface area contributed by atoms with Gasteiger partial charge in [0.2, 0.25) is 5.91 Å². The minimum absolute atomic E-state index is 0.0147. The Balaban J connectivity index is 2.02. The lowest BCUT2D eigenvalue weighted by molar-refractivity contribution is -0.137. The van der Waals surface area contributed by atoms with Crippen molar-refractivity contribution >= 4 is 23.6 Å². The Morgan fingerprint density at radius 3 is 2.71 bits per heavy atom. The van der Waals surface area contributed by atoms with Gasteiger partial charge in [0.05, 0.1) is 6.61 Å². The van der Waals surface area contributed by atoms with Gasteiger partial charge in [-0.25, -0.2) is 4.79 Å². The smallest absolute Gasteiger partial charge is 0.330 e. The summed E-state index contributed by atoms with van der Waals surface area (Å²) in [4.78, 5) is 24.8. The average molecular weight is 289 g/mol. The van der Waals surface area contributed by atoms with Crippen LogP contribution >= 0.6 is 0 Å². The summed E-state index contributed by atoms with van der Waals surface area (Å²) in [5, 5.41) is 9.13. The first kappa shape index (κ1) is 15.3. The van der Waals surface area contributed by atoms with E-state index in [1.54, 1.807) is 17.9 Å². The Labute approximate surface area is 123 Å². The SMILES string of the molecule is CCOC(=O)/C=C/c1ccc(N2CC(CO)CC2=O)cc1. The van der Waals surface area contributed by atoms with Crippen molar-refractivity contribution < 1.29 is 19.4 Å². The van der Waals surface area contributed by atoms with Gasteiger partial charge in [-0.05, 0) is 30.7 Å². The molecule has 1 N–H and O–H groups in total. The molecule has 1 amide bonds. The Morgan fingerprint density at radius 2 is 2.14 bits per heavy atom. The van der Waals surface area contributed by atoms with Crippen molar-refractivity contribution in [3.63, 3.8) is 0 Å². The second-order valence-corrected chi connectivity index (χ2v) is 4.93. The van der Waals surface area contributed by atoms with E-state index in [0.29, 0.717) is 19.6 Å². The molecule has 0 aliphatic carbocycles. The van der Waals surface area contributed by atoms with Crippen LogP contribution in [0, 0.1) is 5.92 Å². The number of rotatable bonds is 5. The number of esters is 1. The second kappa shape index (κ2) is 7.04. The van der Waals surface area contributed by atoms with Gasteiger partial charge in [-0.2, -0.15) is 0 Å². The zero-order valence-corrected chi connectivity index (χ0v) is 12.0. The van der Waals surface area contributed by atoms with Crippen molar-refractivity contribution in [1.82, 2.24) is 0 Å². The molecule has 1 atom stereocenters. The van der Waals surface area contributed by atoms with Crippen molar-refractivity contribution in [3.8, 4) is 0 Å². The third kappa shape index (κ3) is 3.92. The standard InChI is InChI=1S/C16H19NO4/c1-2-21-16(20)8-5-12-3-6-14(7-4-12)17-10-13(11-18)9-15(17)19/h3-8,13,18H,2,9-11H2,1H3/b8-5+. The molecular formula is C16H19NO4.